The molecule has 0 atom stereocenters. The van der Waals surface area contributed by atoms with Crippen molar-refractivity contribution in [1.29, 1.82) is 0 Å². The second kappa shape index (κ2) is 6.97. The molecule has 0 radical (unpaired) electrons. The van der Waals surface area contributed by atoms with Crippen LogP contribution in [0.25, 0.3) is 0 Å². The van der Waals surface area contributed by atoms with Crippen LogP contribution in [0.2, 0.25) is 0 Å². The summed E-state index contributed by atoms with van der Waals surface area (Å²) in [5.41, 5.74) is 0. The molecule has 0 rings (SSSR count). The van der Waals surface area contributed by atoms with Gasteiger partial charge in [0.15, 0.2) is 0 Å². The highest BCUT2D eigenvalue weighted by Gasteiger charge is 2.06. The second-order valence-corrected chi connectivity index (χ2v) is 2.70. The Morgan fingerprint density at radius 1 is 1.13 bits per heavy atom. The highest BCUT2D eigenvalue weighted by Crippen LogP contribution is 1.94. The van der Waals surface area contributed by atoms with Crippen LogP contribution in [-0.4, -0.2) is 50.3 Å². The zero-order chi connectivity index (χ0) is 11.8. The average Bonchev–Trinajstić information content (AvgIpc) is 2.26. The molecule has 0 saturated carbocycles. The maximum Gasteiger partial charge on any atom is 0.269 e. The summed E-state index contributed by atoms with van der Waals surface area (Å²) in [5, 5.41) is 2.15. The predicted molar refractivity (Wildman–Crippen MR) is 53.3 cm³/mol. The number of nitrogens with zero attached hydrogens (tertiary/aromatic N) is 2. The number of hydrogen-bond acceptors (Lipinski definition) is 4. The van der Waals surface area contributed by atoms with Crippen molar-refractivity contribution in [2.75, 3.05) is 28.3 Å². The van der Waals surface area contributed by atoms with E-state index in [9.17, 15) is 9.59 Å². The molecule has 6 nitrogen and oxygen atoms in total. The van der Waals surface area contributed by atoms with Gasteiger partial charge in [0.2, 0.25) is 5.91 Å². The number of rotatable bonds is 5. The summed E-state index contributed by atoms with van der Waals surface area (Å²) < 4.78 is 0. The van der Waals surface area contributed by atoms with E-state index in [4.69, 9.17) is 0 Å². The smallest absolute Gasteiger partial charge is 0.269 e. The van der Waals surface area contributed by atoms with Crippen molar-refractivity contribution in [3.8, 4) is 0 Å². The topological polar surface area (TPSA) is 59.1 Å². The van der Waals surface area contributed by atoms with Gasteiger partial charge < -0.3 is 0 Å². The van der Waals surface area contributed by atoms with Crippen molar-refractivity contribution in [3.63, 3.8) is 0 Å². The van der Waals surface area contributed by atoms with E-state index in [2.05, 4.69) is 9.68 Å². The van der Waals surface area contributed by atoms with Crippen LogP contribution in [0, 0.1) is 0 Å². The van der Waals surface area contributed by atoms with Crippen molar-refractivity contribution in [3.05, 3.63) is 12.2 Å². The van der Waals surface area contributed by atoms with Gasteiger partial charge >= 0.3 is 0 Å². The first-order valence-corrected chi connectivity index (χ1v) is 4.32. The molecule has 0 fully saturated rings. The summed E-state index contributed by atoms with van der Waals surface area (Å²) in [6.45, 7) is 0. The van der Waals surface area contributed by atoms with Crippen molar-refractivity contribution in [1.82, 2.24) is 10.1 Å². The Labute approximate surface area is 88.9 Å². The third-order valence-corrected chi connectivity index (χ3v) is 1.76. The monoisotopic (exact) mass is 216 g/mol. The molecule has 2 amide bonds. The quantitative estimate of drug-likeness (QED) is 0.478. The number of likely N-dealkylation sites (N-methyl/N-ethyl adjacent to an activating group) is 1. The molecule has 0 N–H and O–H groups in total. The van der Waals surface area contributed by atoms with Crippen LogP contribution < -0.4 is 0 Å². The van der Waals surface area contributed by atoms with Crippen molar-refractivity contribution < 1.29 is 19.3 Å². The Balaban J connectivity index is 3.99. The molecule has 0 aliphatic carbocycles. The molecule has 0 saturated heterocycles. The summed E-state index contributed by atoms with van der Waals surface area (Å²) in [5.74, 6) is -0.563. The molecular formula is C9H16N2O4. The van der Waals surface area contributed by atoms with Crippen LogP contribution >= 0.6 is 0 Å². The maximum atomic E-state index is 11.2. The van der Waals surface area contributed by atoms with E-state index in [0.717, 1.165) is 10.1 Å². The van der Waals surface area contributed by atoms with Gasteiger partial charge in [0.05, 0.1) is 14.2 Å². The van der Waals surface area contributed by atoms with E-state index in [1.807, 2.05) is 0 Å². The summed E-state index contributed by atoms with van der Waals surface area (Å²) >= 11 is 0. The minimum atomic E-state index is -0.328. The minimum Gasteiger partial charge on any atom is -0.275 e. The summed E-state index contributed by atoms with van der Waals surface area (Å²) in [7, 11) is 5.76. The number of amides is 2. The minimum absolute atomic E-state index is 0.105. The summed E-state index contributed by atoms with van der Waals surface area (Å²) in [6.07, 6.45) is 2.83. The molecule has 0 aliphatic heterocycles. The van der Waals surface area contributed by atoms with Gasteiger partial charge in [0.1, 0.15) is 0 Å². The van der Waals surface area contributed by atoms with Gasteiger partial charge in [-0.1, -0.05) is 6.08 Å². The van der Waals surface area contributed by atoms with E-state index in [-0.39, 0.29) is 18.2 Å². The van der Waals surface area contributed by atoms with E-state index in [1.165, 1.54) is 40.5 Å². The standard InChI is InChI=1S/C9H16N2O4/c1-10(14-3)8(12)6-5-7-9(13)11(2)15-4/h5-6H,7H2,1-4H3. The Hall–Kier alpha value is -1.40. The van der Waals surface area contributed by atoms with Crippen LogP contribution in [0.3, 0.4) is 0 Å². The fourth-order valence-electron chi connectivity index (χ4n) is 0.686. The molecule has 0 spiro atoms. The van der Waals surface area contributed by atoms with E-state index >= 15 is 0 Å². The van der Waals surface area contributed by atoms with Crippen LogP contribution in [0.5, 0.6) is 0 Å². The average molecular weight is 216 g/mol. The van der Waals surface area contributed by atoms with Gasteiger partial charge in [-0.3, -0.25) is 19.3 Å². The number of hydrogen-bond donors (Lipinski definition) is 0. The van der Waals surface area contributed by atoms with Gasteiger partial charge in [0.25, 0.3) is 5.91 Å². The molecular weight excluding hydrogens is 200 g/mol. The molecule has 0 aliphatic rings. The number of carbonyl (C=O) groups excluding carboxylic acids is 2. The summed E-state index contributed by atoms with van der Waals surface area (Å²) in [4.78, 5) is 31.7. The van der Waals surface area contributed by atoms with E-state index in [0.29, 0.717) is 0 Å². The molecule has 0 aromatic rings. The lowest BCUT2D eigenvalue weighted by Crippen LogP contribution is -2.25. The predicted octanol–water partition coefficient (Wildman–Crippen LogP) is -0.0277. The van der Waals surface area contributed by atoms with Gasteiger partial charge in [0, 0.05) is 26.6 Å². The van der Waals surface area contributed by atoms with Crippen molar-refractivity contribution in [2.24, 2.45) is 0 Å². The molecule has 0 unspecified atom stereocenters. The SMILES string of the molecule is CON(C)C(=O)C=CCC(=O)N(C)OC. The normalized spacial score (nSPS) is 10.4. The third kappa shape index (κ3) is 5.14. The van der Waals surface area contributed by atoms with Crippen LogP contribution in [0.4, 0.5) is 0 Å². The third-order valence-electron chi connectivity index (χ3n) is 1.76. The Morgan fingerprint density at radius 2 is 1.67 bits per heavy atom. The molecule has 0 aromatic heterocycles. The first-order chi connectivity index (χ1) is 7.02. The van der Waals surface area contributed by atoms with Crippen molar-refractivity contribution >= 4 is 11.8 Å². The van der Waals surface area contributed by atoms with E-state index in [1.54, 1.807) is 0 Å². The Morgan fingerprint density at radius 3 is 2.13 bits per heavy atom. The van der Waals surface area contributed by atoms with Gasteiger partial charge in [-0.25, -0.2) is 10.1 Å². The highest BCUT2D eigenvalue weighted by molar-refractivity contribution is 5.87. The Bertz CT molecular complexity index is 252. The lowest BCUT2D eigenvalue weighted by atomic mass is 10.3. The van der Waals surface area contributed by atoms with E-state index < -0.39 is 0 Å². The number of carbonyl (C=O) groups is 2. The van der Waals surface area contributed by atoms with Gasteiger partial charge in [-0.05, 0) is 0 Å². The zero-order valence-corrected chi connectivity index (χ0v) is 9.39. The number of hydroxylamine groups is 4. The lowest BCUT2D eigenvalue weighted by molar-refractivity contribution is -0.167. The zero-order valence-electron chi connectivity index (χ0n) is 9.39. The largest absolute Gasteiger partial charge is 0.275 e. The molecule has 0 bridgehead atoms. The highest BCUT2D eigenvalue weighted by atomic mass is 16.7. The fourth-order valence-corrected chi connectivity index (χ4v) is 0.686. The van der Waals surface area contributed by atoms with Crippen molar-refractivity contribution in [2.45, 2.75) is 6.42 Å². The summed E-state index contributed by atoms with van der Waals surface area (Å²) in [6, 6.07) is 0. The maximum absolute atomic E-state index is 11.2. The van der Waals surface area contributed by atoms with Crippen LogP contribution in [-0.2, 0) is 19.3 Å². The molecule has 86 valence electrons. The molecule has 6 heteroatoms. The first-order valence-electron chi connectivity index (χ1n) is 4.32. The first kappa shape index (κ1) is 13.6. The molecule has 15 heavy (non-hydrogen) atoms. The fraction of sp³-hybridized carbons (Fsp3) is 0.556. The van der Waals surface area contributed by atoms with Crippen LogP contribution in [0.15, 0.2) is 12.2 Å². The van der Waals surface area contributed by atoms with Gasteiger partial charge in [-0.2, -0.15) is 0 Å². The molecule has 0 heterocycles. The lowest BCUT2D eigenvalue weighted by Gasteiger charge is -2.12. The second-order valence-electron chi connectivity index (χ2n) is 2.70. The van der Waals surface area contributed by atoms with Crippen LogP contribution in [0.1, 0.15) is 6.42 Å². The van der Waals surface area contributed by atoms with Gasteiger partial charge in [-0.15, -0.1) is 0 Å². The Kier molecular flexibility index (Phi) is 6.32. The molecule has 0 aromatic carbocycles.